The van der Waals surface area contributed by atoms with Crippen LogP contribution in [0.4, 0.5) is 0 Å². The Labute approximate surface area is 136 Å². The lowest BCUT2D eigenvalue weighted by Gasteiger charge is -1.97. The van der Waals surface area contributed by atoms with Gasteiger partial charge >= 0.3 is 5.71 Å². The average Bonchev–Trinajstić information content (AvgIpc) is 2.64. The highest BCUT2D eigenvalue weighted by Gasteiger charge is 2.15. The van der Waals surface area contributed by atoms with Gasteiger partial charge in [0.05, 0.1) is 23.8 Å². The summed E-state index contributed by atoms with van der Waals surface area (Å²) in [5, 5.41) is 0. The zero-order valence-electron chi connectivity index (χ0n) is 13.0. The molecular weight excluding hydrogens is 282 g/mol. The third-order valence-electron chi connectivity index (χ3n) is 3.55. The molecule has 2 heteroatoms. The van der Waals surface area contributed by atoms with Crippen molar-refractivity contribution < 1.29 is 4.74 Å². The molecule has 0 saturated heterocycles. The van der Waals surface area contributed by atoms with Crippen molar-refractivity contribution in [2.24, 2.45) is 0 Å². The molecule has 0 aromatic heterocycles. The lowest BCUT2D eigenvalue weighted by Crippen LogP contribution is -2.07. The number of methoxy groups -OCH3 is 1. The quantitative estimate of drug-likeness (QED) is 0.532. The molecule has 3 rings (SSSR count). The van der Waals surface area contributed by atoms with E-state index in [0.29, 0.717) is 0 Å². The number of nitrogens with zero attached hydrogens (tertiary/aromatic N) is 1. The van der Waals surface area contributed by atoms with E-state index in [4.69, 9.17) is 9.40 Å². The van der Waals surface area contributed by atoms with Crippen molar-refractivity contribution in [3.63, 3.8) is 0 Å². The van der Waals surface area contributed by atoms with Crippen LogP contribution in [0.1, 0.15) is 16.7 Å². The molecule has 0 aliphatic carbocycles. The first-order valence-electron chi connectivity index (χ1n) is 7.53. The van der Waals surface area contributed by atoms with Gasteiger partial charge in [-0.15, -0.1) is 0 Å². The zero-order valence-corrected chi connectivity index (χ0v) is 13.0. The molecule has 0 heterocycles. The van der Waals surface area contributed by atoms with Crippen LogP contribution in [-0.4, -0.2) is 19.0 Å². The SMILES string of the molecule is COc1ccc(C=[N+]=C(c2ccccc2)c2ccccc2)cc1. The number of rotatable bonds is 4. The monoisotopic (exact) mass is 300 g/mol. The fraction of sp³-hybridized carbons (Fsp3) is 0.0476. The Morgan fingerprint density at radius 2 is 1.26 bits per heavy atom. The van der Waals surface area contributed by atoms with Gasteiger partial charge in [-0.3, -0.25) is 0 Å². The Balaban J connectivity index is 2.05. The van der Waals surface area contributed by atoms with Gasteiger partial charge in [0.25, 0.3) is 6.21 Å². The van der Waals surface area contributed by atoms with E-state index in [0.717, 1.165) is 28.2 Å². The highest BCUT2D eigenvalue weighted by molar-refractivity contribution is 6.13. The molecule has 0 unspecified atom stereocenters. The minimum absolute atomic E-state index is 0.845. The highest BCUT2D eigenvalue weighted by atomic mass is 16.5. The molecular formula is C21H18NO+. The second-order valence-electron chi connectivity index (χ2n) is 5.11. The van der Waals surface area contributed by atoms with Crippen LogP contribution in [0, 0.1) is 0 Å². The summed E-state index contributed by atoms with van der Waals surface area (Å²) in [7, 11) is 1.67. The molecule has 0 saturated carbocycles. The van der Waals surface area contributed by atoms with Crippen molar-refractivity contribution in [3.05, 3.63) is 102 Å². The molecule has 3 aromatic carbocycles. The van der Waals surface area contributed by atoms with Crippen molar-refractivity contribution in [2.75, 3.05) is 7.11 Å². The summed E-state index contributed by atoms with van der Waals surface area (Å²) in [6.07, 6.45) is 1.88. The van der Waals surface area contributed by atoms with Crippen molar-refractivity contribution in [3.8, 4) is 5.75 Å². The van der Waals surface area contributed by atoms with Crippen LogP contribution >= 0.6 is 0 Å². The van der Waals surface area contributed by atoms with Crippen LogP contribution in [0.15, 0.2) is 84.9 Å². The standard InChI is InChI=1S/C21H18NO/c1-23-20-14-12-17(13-15-20)16-22-21(18-8-4-2-5-9-18)19-10-6-3-7-11-19/h2-16H,1H3/q+1. The largest absolute Gasteiger partial charge is 0.497 e. The van der Waals surface area contributed by atoms with E-state index in [1.165, 1.54) is 0 Å². The van der Waals surface area contributed by atoms with Gasteiger partial charge in [0.2, 0.25) is 0 Å². The fourth-order valence-corrected chi connectivity index (χ4v) is 2.34. The molecule has 0 aliphatic rings. The summed E-state index contributed by atoms with van der Waals surface area (Å²) in [5.41, 5.74) is 4.20. The maximum absolute atomic E-state index is 5.18. The predicted octanol–water partition coefficient (Wildman–Crippen LogP) is 3.72. The van der Waals surface area contributed by atoms with E-state index in [1.54, 1.807) is 7.11 Å². The lowest BCUT2D eigenvalue weighted by atomic mass is 10.0. The van der Waals surface area contributed by atoms with Crippen LogP contribution in [-0.2, 0) is 0 Å². The van der Waals surface area contributed by atoms with E-state index in [2.05, 4.69) is 24.3 Å². The van der Waals surface area contributed by atoms with E-state index in [1.807, 2.05) is 66.9 Å². The van der Waals surface area contributed by atoms with Crippen LogP contribution < -0.4 is 9.40 Å². The number of benzene rings is 3. The molecule has 0 N–H and O–H groups in total. The fourth-order valence-electron chi connectivity index (χ4n) is 2.34. The van der Waals surface area contributed by atoms with Gasteiger partial charge in [0.15, 0.2) is 0 Å². The molecule has 112 valence electrons. The average molecular weight is 300 g/mol. The molecule has 0 spiro atoms. The maximum Gasteiger partial charge on any atom is 0.341 e. The Morgan fingerprint density at radius 3 is 1.74 bits per heavy atom. The normalized spacial score (nSPS) is 9.78. The van der Waals surface area contributed by atoms with Crippen molar-refractivity contribution in [1.82, 2.24) is 4.67 Å². The molecule has 0 amide bonds. The van der Waals surface area contributed by atoms with Crippen molar-refractivity contribution in [1.29, 1.82) is 0 Å². The summed E-state index contributed by atoms with van der Waals surface area (Å²) < 4.78 is 9.92. The van der Waals surface area contributed by atoms with Crippen molar-refractivity contribution in [2.45, 2.75) is 0 Å². The number of hydrogen-bond donors (Lipinski definition) is 0. The van der Waals surface area contributed by atoms with Gasteiger partial charge in [-0.1, -0.05) is 41.1 Å². The Morgan fingerprint density at radius 1 is 0.739 bits per heavy atom. The first-order chi connectivity index (χ1) is 11.4. The molecule has 0 fully saturated rings. The summed E-state index contributed by atoms with van der Waals surface area (Å²) in [5.74, 6) is 0.845. The summed E-state index contributed by atoms with van der Waals surface area (Å²) in [4.78, 5) is 0. The molecule has 2 nitrogen and oxygen atoms in total. The van der Waals surface area contributed by atoms with E-state index >= 15 is 0 Å². The smallest absolute Gasteiger partial charge is 0.341 e. The lowest BCUT2D eigenvalue weighted by molar-refractivity contribution is 0.415. The third-order valence-corrected chi connectivity index (χ3v) is 3.55. The van der Waals surface area contributed by atoms with Crippen LogP contribution in [0.5, 0.6) is 5.75 Å². The second-order valence-corrected chi connectivity index (χ2v) is 5.11. The van der Waals surface area contributed by atoms with Crippen LogP contribution in [0.2, 0.25) is 0 Å². The third kappa shape index (κ3) is 3.76. The van der Waals surface area contributed by atoms with Gasteiger partial charge in [-0.05, 0) is 48.5 Å². The minimum Gasteiger partial charge on any atom is -0.497 e. The van der Waals surface area contributed by atoms with E-state index in [9.17, 15) is 0 Å². The zero-order chi connectivity index (χ0) is 15.9. The Kier molecular flexibility index (Phi) is 4.68. The molecule has 0 radical (unpaired) electrons. The van der Waals surface area contributed by atoms with Crippen LogP contribution in [0.3, 0.4) is 0 Å². The summed E-state index contributed by atoms with van der Waals surface area (Å²) in [6, 6.07) is 28.3. The van der Waals surface area contributed by atoms with Gasteiger partial charge in [0, 0.05) is 0 Å². The molecule has 3 aromatic rings. The van der Waals surface area contributed by atoms with E-state index in [-0.39, 0.29) is 0 Å². The molecule has 0 bridgehead atoms. The highest BCUT2D eigenvalue weighted by Crippen LogP contribution is 2.10. The van der Waals surface area contributed by atoms with Crippen molar-refractivity contribution >= 4 is 11.9 Å². The predicted molar refractivity (Wildman–Crippen MR) is 96.4 cm³/mol. The minimum atomic E-state index is 0.845. The number of hydrogen-bond acceptors (Lipinski definition) is 1. The number of ether oxygens (including phenoxy) is 1. The van der Waals surface area contributed by atoms with Crippen LogP contribution in [0.25, 0.3) is 0 Å². The summed E-state index contributed by atoms with van der Waals surface area (Å²) in [6.45, 7) is 0. The molecule has 23 heavy (non-hydrogen) atoms. The van der Waals surface area contributed by atoms with Gasteiger partial charge in [-0.25, -0.2) is 0 Å². The first kappa shape index (κ1) is 14.8. The van der Waals surface area contributed by atoms with Gasteiger partial charge in [-0.2, -0.15) is 0 Å². The Hall–Kier alpha value is -3.09. The first-order valence-corrected chi connectivity index (χ1v) is 7.53. The second kappa shape index (κ2) is 7.26. The maximum atomic E-state index is 5.18. The molecule has 0 aliphatic heterocycles. The topological polar surface area (TPSA) is 23.3 Å². The van der Waals surface area contributed by atoms with Gasteiger partial charge in [0.1, 0.15) is 5.75 Å². The molecule has 0 atom stereocenters. The Bertz CT molecular complexity index is 773. The van der Waals surface area contributed by atoms with Gasteiger partial charge < -0.3 is 4.74 Å². The summed E-state index contributed by atoms with van der Waals surface area (Å²) >= 11 is 0. The van der Waals surface area contributed by atoms with E-state index < -0.39 is 0 Å².